The van der Waals surface area contributed by atoms with E-state index in [2.05, 4.69) is 5.32 Å². The number of hydrogen-bond donors (Lipinski definition) is 1. The third kappa shape index (κ3) is 4.36. The highest BCUT2D eigenvalue weighted by Crippen LogP contribution is 2.25. The Morgan fingerprint density at radius 3 is 2.03 bits per heavy atom. The van der Waals surface area contributed by atoms with Crippen LogP contribution in [-0.4, -0.2) is 41.1 Å². The van der Waals surface area contributed by atoms with Crippen molar-refractivity contribution < 1.29 is 19.2 Å². The Labute approximate surface area is 195 Å². The van der Waals surface area contributed by atoms with Gasteiger partial charge in [-0.1, -0.05) is 54.1 Å². The van der Waals surface area contributed by atoms with Crippen LogP contribution < -0.4 is 10.2 Å². The van der Waals surface area contributed by atoms with Crippen LogP contribution in [0.15, 0.2) is 78.9 Å². The number of amides is 4. The van der Waals surface area contributed by atoms with E-state index in [9.17, 15) is 19.2 Å². The second kappa shape index (κ2) is 9.26. The molecular weight excluding hydrogens is 442 g/mol. The molecule has 1 unspecified atom stereocenters. The number of para-hydroxylation sites is 2. The monoisotopic (exact) mass is 461 g/mol. The summed E-state index contributed by atoms with van der Waals surface area (Å²) in [7, 11) is 0. The molecule has 0 spiro atoms. The van der Waals surface area contributed by atoms with Gasteiger partial charge in [0.05, 0.1) is 21.8 Å². The molecule has 3 aromatic rings. The number of hydrogen-bond acceptors (Lipinski definition) is 4. The maximum absolute atomic E-state index is 13.4. The van der Waals surface area contributed by atoms with E-state index in [1.54, 1.807) is 85.8 Å². The van der Waals surface area contributed by atoms with Gasteiger partial charge in [-0.05, 0) is 43.3 Å². The maximum atomic E-state index is 13.4. The summed E-state index contributed by atoms with van der Waals surface area (Å²) in [6.45, 7) is 1.07. The van der Waals surface area contributed by atoms with Crippen molar-refractivity contribution in [3.8, 4) is 0 Å². The van der Waals surface area contributed by atoms with Gasteiger partial charge in [-0.15, -0.1) is 0 Å². The molecule has 33 heavy (non-hydrogen) atoms. The van der Waals surface area contributed by atoms with Gasteiger partial charge in [0.15, 0.2) is 0 Å². The van der Waals surface area contributed by atoms with E-state index in [0.29, 0.717) is 16.4 Å². The van der Waals surface area contributed by atoms with Crippen molar-refractivity contribution in [3.63, 3.8) is 0 Å². The first-order valence-electron chi connectivity index (χ1n) is 10.3. The molecule has 3 aromatic carbocycles. The van der Waals surface area contributed by atoms with Crippen molar-refractivity contribution in [2.75, 3.05) is 16.8 Å². The molecule has 166 valence electrons. The fourth-order valence-corrected chi connectivity index (χ4v) is 3.87. The molecule has 0 saturated carbocycles. The predicted molar refractivity (Wildman–Crippen MR) is 125 cm³/mol. The molecule has 0 bridgehead atoms. The summed E-state index contributed by atoms with van der Waals surface area (Å²) in [4.78, 5) is 54.0. The number of rotatable bonds is 6. The van der Waals surface area contributed by atoms with Crippen molar-refractivity contribution in [1.29, 1.82) is 0 Å². The minimum Gasteiger partial charge on any atom is -0.323 e. The van der Waals surface area contributed by atoms with E-state index in [4.69, 9.17) is 11.6 Å². The van der Waals surface area contributed by atoms with E-state index in [1.807, 2.05) is 0 Å². The van der Waals surface area contributed by atoms with Gasteiger partial charge in [-0.3, -0.25) is 29.0 Å². The summed E-state index contributed by atoms with van der Waals surface area (Å²) in [6.07, 6.45) is 0. The number of halogens is 1. The fraction of sp³-hybridized carbons (Fsp3) is 0.120. The van der Waals surface area contributed by atoms with E-state index >= 15 is 0 Å². The molecule has 0 fully saturated rings. The standard InChI is InChI=1S/C25H20ClN3O4/c1-16(23(31)27-21-14-8-7-13-20(21)26)29(17-9-3-2-4-10-17)22(30)15-28-24(32)18-11-5-6-12-19(18)25(28)33/h2-14,16H,15H2,1H3,(H,27,31). The summed E-state index contributed by atoms with van der Waals surface area (Å²) in [5, 5.41) is 3.09. The van der Waals surface area contributed by atoms with Crippen molar-refractivity contribution in [3.05, 3.63) is 95.0 Å². The van der Waals surface area contributed by atoms with Crippen molar-refractivity contribution in [1.82, 2.24) is 4.90 Å². The number of nitrogens with zero attached hydrogens (tertiary/aromatic N) is 2. The number of fused-ring (bicyclic) bond motifs is 1. The molecule has 0 radical (unpaired) electrons. The normalized spacial score (nSPS) is 13.5. The minimum atomic E-state index is -0.952. The zero-order chi connectivity index (χ0) is 23.5. The highest BCUT2D eigenvalue weighted by atomic mass is 35.5. The highest BCUT2D eigenvalue weighted by Gasteiger charge is 2.38. The van der Waals surface area contributed by atoms with E-state index in [0.717, 1.165) is 4.90 Å². The molecule has 7 nitrogen and oxygen atoms in total. The van der Waals surface area contributed by atoms with E-state index < -0.39 is 36.2 Å². The average molecular weight is 462 g/mol. The van der Waals surface area contributed by atoms with Crippen LogP contribution >= 0.6 is 11.6 Å². The van der Waals surface area contributed by atoms with Crippen molar-refractivity contribution in [2.24, 2.45) is 0 Å². The van der Waals surface area contributed by atoms with Gasteiger partial charge < -0.3 is 5.32 Å². The lowest BCUT2D eigenvalue weighted by atomic mass is 10.1. The molecule has 0 aliphatic carbocycles. The summed E-state index contributed by atoms with van der Waals surface area (Å²) in [5.41, 5.74) is 1.38. The van der Waals surface area contributed by atoms with Crippen LogP contribution in [0.5, 0.6) is 0 Å². The largest absolute Gasteiger partial charge is 0.323 e. The molecule has 1 aliphatic heterocycles. The SMILES string of the molecule is CC(C(=O)Nc1ccccc1Cl)N(C(=O)CN1C(=O)c2ccccc2C1=O)c1ccccc1. The summed E-state index contributed by atoms with van der Waals surface area (Å²) >= 11 is 6.14. The maximum Gasteiger partial charge on any atom is 0.262 e. The van der Waals surface area contributed by atoms with Gasteiger partial charge in [0, 0.05) is 5.69 Å². The Morgan fingerprint density at radius 2 is 1.42 bits per heavy atom. The average Bonchev–Trinajstić information content (AvgIpc) is 3.06. The van der Waals surface area contributed by atoms with Crippen LogP contribution in [0, 0.1) is 0 Å². The third-order valence-electron chi connectivity index (χ3n) is 5.37. The lowest BCUT2D eigenvalue weighted by molar-refractivity contribution is -0.123. The van der Waals surface area contributed by atoms with Gasteiger partial charge >= 0.3 is 0 Å². The number of imide groups is 1. The molecule has 8 heteroatoms. The number of anilines is 2. The summed E-state index contributed by atoms with van der Waals surface area (Å²) in [5.74, 6) is -2.12. The number of nitrogens with one attached hydrogen (secondary N) is 1. The van der Waals surface area contributed by atoms with E-state index in [-0.39, 0.29) is 11.1 Å². The molecule has 4 rings (SSSR count). The van der Waals surface area contributed by atoms with Crippen molar-refractivity contribution in [2.45, 2.75) is 13.0 Å². The lowest BCUT2D eigenvalue weighted by Gasteiger charge is -2.30. The van der Waals surface area contributed by atoms with E-state index in [1.165, 1.54) is 4.90 Å². The van der Waals surface area contributed by atoms with Crippen molar-refractivity contribution >= 4 is 46.6 Å². The van der Waals surface area contributed by atoms with Crippen LogP contribution in [-0.2, 0) is 9.59 Å². The van der Waals surface area contributed by atoms with Crippen LogP contribution in [0.1, 0.15) is 27.6 Å². The number of carbonyl (C=O) groups is 4. The lowest BCUT2D eigenvalue weighted by Crippen LogP contribution is -2.50. The molecule has 1 heterocycles. The smallest absolute Gasteiger partial charge is 0.262 e. The quantitative estimate of drug-likeness (QED) is 0.562. The minimum absolute atomic E-state index is 0.256. The molecule has 1 aliphatic rings. The molecular formula is C25H20ClN3O4. The zero-order valence-corrected chi connectivity index (χ0v) is 18.5. The molecule has 4 amide bonds. The molecule has 1 N–H and O–H groups in total. The summed E-state index contributed by atoms with van der Waals surface area (Å²) in [6, 6.07) is 20.8. The number of carbonyl (C=O) groups excluding carboxylic acids is 4. The first-order valence-corrected chi connectivity index (χ1v) is 10.6. The Balaban J connectivity index is 1.59. The Kier molecular flexibility index (Phi) is 6.24. The molecule has 0 aromatic heterocycles. The topological polar surface area (TPSA) is 86.8 Å². The first kappa shape index (κ1) is 22.2. The Morgan fingerprint density at radius 1 is 0.879 bits per heavy atom. The zero-order valence-electron chi connectivity index (χ0n) is 17.7. The molecule has 0 saturated heterocycles. The molecule has 1 atom stereocenters. The van der Waals surface area contributed by atoms with Gasteiger partial charge in [0.2, 0.25) is 11.8 Å². The third-order valence-corrected chi connectivity index (χ3v) is 5.70. The first-order chi connectivity index (χ1) is 15.9. The highest BCUT2D eigenvalue weighted by molar-refractivity contribution is 6.33. The van der Waals surface area contributed by atoms with Crippen LogP contribution in [0.4, 0.5) is 11.4 Å². The summed E-state index contributed by atoms with van der Waals surface area (Å²) < 4.78 is 0. The van der Waals surface area contributed by atoms with Gasteiger partial charge in [-0.25, -0.2) is 0 Å². The second-order valence-corrected chi connectivity index (χ2v) is 7.89. The van der Waals surface area contributed by atoms with Crippen LogP contribution in [0.3, 0.4) is 0 Å². The van der Waals surface area contributed by atoms with Crippen LogP contribution in [0.25, 0.3) is 0 Å². The fourth-order valence-electron chi connectivity index (χ4n) is 3.68. The number of benzene rings is 3. The predicted octanol–water partition coefficient (Wildman–Crippen LogP) is 4.00. The second-order valence-electron chi connectivity index (χ2n) is 7.49. The van der Waals surface area contributed by atoms with Gasteiger partial charge in [0.25, 0.3) is 11.8 Å². The van der Waals surface area contributed by atoms with Gasteiger partial charge in [-0.2, -0.15) is 0 Å². The van der Waals surface area contributed by atoms with Gasteiger partial charge in [0.1, 0.15) is 12.6 Å². The Bertz CT molecular complexity index is 1210. The Hall–Kier alpha value is -3.97. The van der Waals surface area contributed by atoms with Crippen LogP contribution in [0.2, 0.25) is 5.02 Å².